The van der Waals surface area contributed by atoms with Crippen LogP contribution in [0.15, 0.2) is 24.3 Å². The van der Waals surface area contributed by atoms with Crippen LogP contribution in [0.1, 0.15) is 271 Å². The van der Waals surface area contributed by atoms with Crippen molar-refractivity contribution in [1.82, 2.24) is 0 Å². The smallest absolute Gasteiger partial charge is 0.462 e. The number of carbonyl (C=O) groups is 2. The maximum atomic E-state index is 12.5. The number of esters is 2. The lowest BCUT2D eigenvalue weighted by Crippen LogP contribution is -2.29. The van der Waals surface area contributed by atoms with Crippen molar-refractivity contribution in [2.75, 3.05) is 13.2 Å². The summed E-state index contributed by atoms with van der Waals surface area (Å²) in [5, 5.41) is 0. The zero-order chi connectivity index (χ0) is 43.9. The fourth-order valence-corrected chi connectivity index (χ4v) is 8.00. The molecule has 0 bridgehead atoms. The van der Waals surface area contributed by atoms with Crippen LogP contribution < -0.4 is 0 Å². The van der Waals surface area contributed by atoms with Gasteiger partial charge >= 0.3 is 19.8 Å². The first-order valence-corrected chi connectivity index (χ1v) is 27.2. The number of phosphoric ester groups is 1. The van der Waals surface area contributed by atoms with E-state index in [1.807, 2.05) is 0 Å². The SMILES string of the molecule is CCCCCCC/C=C\C/C=C\CCCCCCCCCCCCCC(=O)OC(COC(=O)CCCCCCCCCCCCCCCCCCCCC)COP(=O)(O)O. The summed E-state index contributed by atoms with van der Waals surface area (Å²) in [6, 6.07) is 0. The Hall–Kier alpha value is -1.47. The number of hydrogen-bond donors (Lipinski definition) is 2. The fraction of sp³-hybridized carbons (Fsp3) is 0.882. The number of carbonyl (C=O) groups excluding carboxylic acids is 2. The molecule has 0 amide bonds. The highest BCUT2D eigenvalue weighted by atomic mass is 31.2. The Labute approximate surface area is 370 Å². The maximum Gasteiger partial charge on any atom is 0.469 e. The fourth-order valence-electron chi connectivity index (χ4n) is 7.64. The minimum atomic E-state index is -4.76. The molecular formula is C51H97O8P. The lowest BCUT2D eigenvalue weighted by atomic mass is 10.0. The van der Waals surface area contributed by atoms with Gasteiger partial charge in [0, 0.05) is 12.8 Å². The second kappa shape index (κ2) is 47.0. The van der Waals surface area contributed by atoms with Gasteiger partial charge in [-0.25, -0.2) is 4.57 Å². The highest BCUT2D eigenvalue weighted by molar-refractivity contribution is 7.46. The van der Waals surface area contributed by atoms with Crippen LogP contribution in [0.2, 0.25) is 0 Å². The molecule has 0 saturated carbocycles. The highest BCUT2D eigenvalue weighted by Crippen LogP contribution is 2.36. The van der Waals surface area contributed by atoms with Crippen molar-refractivity contribution in [3.8, 4) is 0 Å². The Morgan fingerprint density at radius 2 is 0.750 bits per heavy atom. The van der Waals surface area contributed by atoms with E-state index in [4.69, 9.17) is 19.3 Å². The number of unbranched alkanes of at least 4 members (excludes halogenated alkanes) is 34. The van der Waals surface area contributed by atoms with Gasteiger partial charge in [-0.05, 0) is 44.9 Å². The standard InChI is InChI=1S/C51H97O8P/c1-3-5-7-9-11-13-15-17-19-21-23-24-25-26-28-30-32-34-36-38-40-42-44-46-51(53)59-49(48-58-60(54,55)56)47-57-50(52)45-43-41-39-37-35-33-31-29-27-22-20-18-16-14-12-10-8-6-4-2/h15,17,21,23,49H,3-14,16,18-20,22,24-48H2,1-2H3,(H2,54,55,56)/b17-15-,23-21-. The van der Waals surface area contributed by atoms with Crippen LogP contribution in [0.25, 0.3) is 0 Å². The average Bonchev–Trinajstić information content (AvgIpc) is 3.22. The molecule has 0 heterocycles. The number of allylic oxidation sites excluding steroid dienone is 4. The Bertz CT molecular complexity index is 1020. The lowest BCUT2D eigenvalue weighted by molar-refractivity contribution is -0.161. The second-order valence-corrected chi connectivity index (χ2v) is 18.7. The van der Waals surface area contributed by atoms with E-state index in [9.17, 15) is 14.2 Å². The molecule has 0 aromatic carbocycles. The number of phosphoric acid groups is 1. The summed E-state index contributed by atoms with van der Waals surface area (Å²) in [7, 11) is -4.76. The molecule has 0 saturated heterocycles. The minimum absolute atomic E-state index is 0.213. The van der Waals surface area contributed by atoms with Crippen LogP contribution in [0, 0.1) is 0 Å². The zero-order valence-electron chi connectivity index (χ0n) is 39.4. The van der Waals surface area contributed by atoms with E-state index in [1.165, 1.54) is 193 Å². The van der Waals surface area contributed by atoms with E-state index in [0.717, 1.165) is 44.9 Å². The molecule has 0 aromatic heterocycles. The number of rotatable bonds is 48. The van der Waals surface area contributed by atoms with Crippen molar-refractivity contribution in [2.45, 2.75) is 277 Å². The van der Waals surface area contributed by atoms with Gasteiger partial charge in [-0.1, -0.05) is 237 Å². The quantitative estimate of drug-likeness (QED) is 0.0269. The molecule has 354 valence electrons. The molecule has 0 aliphatic rings. The van der Waals surface area contributed by atoms with E-state index in [-0.39, 0.29) is 19.4 Å². The van der Waals surface area contributed by atoms with Crippen molar-refractivity contribution >= 4 is 19.8 Å². The molecule has 8 nitrogen and oxygen atoms in total. The molecule has 0 radical (unpaired) electrons. The Morgan fingerprint density at radius 1 is 0.433 bits per heavy atom. The molecule has 2 N–H and O–H groups in total. The Balaban J connectivity index is 3.79. The largest absolute Gasteiger partial charge is 0.469 e. The average molecular weight is 869 g/mol. The molecule has 1 unspecified atom stereocenters. The molecule has 0 rings (SSSR count). The molecular weight excluding hydrogens is 772 g/mol. The summed E-state index contributed by atoms with van der Waals surface area (Å²) in [5.41, 5.74) is 0. The predicted molar refractivity (Wildman–Crippen MR) is 253 cm³/mol. The van der Waals surface area contributed by atoms with Gasteiger partial charge in [0.25, 0.3) is 0 Å². The third-order valence-electron chi connectivity index (χ3n) is 11.5. The predicted octanol–water partition coefficient (Wildman–Crippen LogP) is 16.3. The van der Waals surface area contributed by atoms with Gasteiger partial charge in [-0.2, -0.15) is 0 Å². The van der Waals surface area contributed by atoms with E-state index in [1.54, 1.807) is 0 Å². The summed E-state index contributed by atoms with van der Waals surface area (Å²) < 4.78 is 26.5. The highest BCUT2D eigenvalue weighted by Gasteiger charge is 2.23. The Kier molecular flexibility index (Phi) is 45.9. The summed E-state index contributed by atoms with van der Waals surface area (Å²) >= 11 is 0. The molecule has 0 fully saturated rings. The first-order valence-electron chi connectivity index (χ1n) is 25.6. The van der Waals surface area contributed by atoms with E-state index in [0.29, 0.717) is 6.42 Å². The van der Waals surface area contributed by atoms with Crippen LogP contribution in [-0.2, 0) is 28.2 Å². The van der Waals surface area contributed by atoms with Crippen molar-refractivity contribution in [2.24, 2.45) is 0 Å². The second-order valence-electron chi connectivity index (χ2n) is 17.5. The van der Waals surface area contributed by atoms with Gasteiger partial charge in [0.1, 0.15) is 6.61 Å². The van der Waals surface area contributed by atoms with E-state index >= 15 is 0 Å². The summed E-state index contributed by atoms with van der Waals surface area (Å²) in [6.07, 6.45) is 56.2. The number of hydrogen-bond acceptors (Lipinski definition) is 6. The van der Waals surface area contributed by atoms with Gasteiger partial charge in [0.15, 0.2) is 6.10 Å². The number of ether oxygens (including phenoxy) is 2. The third-order valence-corrected chi connectivity index (χ3v) is 12.0. The van der Waals surface area contributed by atoms with Crippen molar-refractivity contribution in [3.63, 3.8) is 0 Å². The monoisotopic (exact) mass is 869 g/mol. The topological polar surface area (TPSA) is 119 Å². The summed E-state index contributed by atoms with van der Waals surface area (Å²) in [5.74, 6) is -0.871. The third kappa shape index (κ3) is 49.2. The minimum Gasteiger partial charge on any atom is -0.462 e. The molecule has 0 aliphatic heterocycles. The molecule has 0 spiro atoms. The van der Waals surface area contributed by atoms with Crippen molar-refractivity contribution in [1.29, 1.82) is 0 Å². The Morgan fingerprint density at radius 3 is 1.10 bits per heavy atom. The van der Waals surface area contributed by atoms with Crippen LogP contribution >= 0.6 is 7.82 Å². The van der Waals surface area contributed by atoms with E-state index < -0.39 is 32.5 Å². The first-order chi connectivity index (χ1) is 29.3. The first kappa shape index (κ1) is 58.5. The molecule has 0 aliphatic carbocycles. The van der Waals surface area contributed by atoms with Crippen molar-refractivity contribution < 1.29 is 37.9 Å². The van der Waals surface area contributed by atoms with Gasteiger partial charge in [0.05, 0.1) is 6.61 Å². The van der Waals surface area contributed by atoms with E-state index in [2.05, 4.69) is 42.7 Å². The molecule has 1 atom stereocenters. The van der Waals surface area contributed by atoms with Gasteiger partial charge in [-0.15, -0.1) is 0 Å². The van der Waals surface area contributed by atoms with Crippen LogP contribution in [0.4, 0.5) is 0 Å². The van der Waals surface area contributed by atoms with Gasteiger partial charge in [-0.3, -0.25) is 14.1 Å². The van der Waals surface area contributed by atoms with Gasteiger partial charge < -0.3 is 19.3 Å². The van der Waals surface area contributed by atoms with Gasteiger partial charge in [0.2, 0.25) is 0 Å². The van der Waals surface area contributed by atoms with Crippen LogP contribution in [-0.4, -0.2) is 41.0 Å². The van der Waals surface area contributed by atoms with Crippen molar-refractivity contribution in [3.05, 3.63) is 24.3 Å². The maximum absolute atomic E-state index is 12.5. The summed E-state index contributed by atoms with van der Waals surface area (Å²) in [6.45, 7) is 3.72. The van der Waals surface area contributed by atoms with Crippen LogP contribution in [0.3, 0.4) is 0 Å². The molecule has 9 heteroatoms. The zero-order valence-corrected chi connectivity index (χ0v) is 40.3. The summed E-state index contributed by atoms with van der Waals surface area (Å²) in [4.78, 5) is 43.1. The lowest BCUT2D eigenvalue weighted by Gasteiger charge is -2.18. The normalized spacial score (nSPS) is 12.5. The molecule has 0 aromatic rings. The molecule has 60 heavy (non-hydrogen) atoms. The van der Waals surface area contributed by atoms with Crippen LogP contribution in [0.5, 0.6) is 0 Å².